The van der Waals surface area contributed by atoms with Crippen molar-refractivity contribution >= 4 is 5.91 Å². The zero-order valence-corrected chi connectivity index (χ0v) is 14.8. The van der Waals surface area contributed by atoms with Crippen LogP contribution in [0.15, 0.2) is 47.1 Å². The molecule has 130 valence electrons. The van der Waals surface area contributed by atoms with Gasteiger partial charge in [0, 0.05) is 12.1 Å². The van der Waals surface area contributed by atoms with Crippen LogP contribution in [-0.4, -0.2) is 38.1 Å². The molecule has 5 nitrogen and oxygen atoms in total. The Morgan fingerprint density at radius 3 is 2.46 bits per heavy atom. The van der Waals surface area contributed by atoms with Crippen LogP contribution >= 0.6 is 0 Å². The molecule has 0 aliphatic rings. The number of rotatable bonds is 8. The molecular formula is C19H26N2O3. The maximum atomic E-state index is 12.3. The number of carbonyl (C=O) groups excluding carboxylic acids is 1. The van der Waals surface area contributed by atoms with Gasteiger partial charge < -0.3 is 14.5 Å². The molecule has 1 aromatic carbocycles. The largest absolute Gasteiger partial charge is 0.493 e. The second-order valence-corrected chi connectivity index (χ2v) is 6.43. The normalized spacial score (nSPS) is 12.4. The summed E-state index contributed by atoms with van der Waals surface area (Å²) in [6.07, 6.45) is 1.64. The summed E-state index contributed by atoms with van der Waals surface area (Å²) in [7, 11) is 3.92. The predicted octanol–water partition coefficient (Wildman–Crippen LogP) is 3.35. The second-order valence-electron chi connectivity index (χ2n) is 6.43. The first kappa shape index (κ1) is 18.1. The molecule has 1 atom stereocenters. The Morgan fingerprint density at radius 1 is 1.21 bits per heavy atom. The van der Waals surface area contributed by atoms with Gasteiger partial charge in [-0.1, -0.05) is 13.8 Å². The fourth-order valence-corrected chi connectivity index (χ4v) is 2.28. The molecule has 1 amide bonds. The van der Waals surface area contributed by atoms with E-state index in [1.54, 1.807) is 18.4 Å². The van der Waals surface area contributed by atoms with Gasteiger partial charge in [-0.15, -0.1) is 0 Å². The van der Waals surface area contributed by atoms with Crippen LogP contribution in [0.1, 0.15) is 36.0 Å². The summed E-state index contributed by atoms with van der Waals surface area (Å²) in [6.45, 7) is 5.34. The van der Waals surface area contributed by atoms with E-state index < -0.39 is 0 Å². The summed E-state index contributed by atoms with van der Waals surface area (Å²) in [6, 6.07) is 11.0. The van der Waals surface area contributed by atoms with Crippen LogP contribution in [0, 0.1) is 5.92 Å². The molecule has 1 N–H and O–H groups in total. The van der Waals surface area contributed by atoms with Crippen molar-refractivity contribution in [2.24, 2.45) is 5.92 Å². The monoisotopic (exact) mass is 330 g/mol. The summed E-state index contributed by atoms with van der Waals surface area (Å²) >= 11 is 0. The SMILES string of the molecule is CC(C)COc1ccc(C(=O)NC[C@H](c2ccco2)N(C)C)cc1. The average molecular weight is 330 g/mol. The Bertz CT molecular complexity index is 619. The van der Waals surface area contributed by atoms with Crippen LogP contribution in [0.5, 0.6) is 5.75 Å². The van der Waals surface area contributed by atoms with Crippen molar-refractivity contribution in [3.05, 3.63) is 54.0 Å². The highest BCUT2D eigenvalue weighted by Gasteiger charge is 2.18. The highest BCUT2D eigenvalue weighted by atomic mass is 16.5. The number of benzene rings is 1. The fourth-order valence-electron chi connectivity index (χ4n) is 2.28. The molecule has 1 aromatic heterocycles. The number of likely N-dealkylation sites (N-methyl/N-ethyl adjacent to an activating group) is 1. The molecule has 0 saturated carbocycles. The van der Waals surface area contributed by atoms with E-state index in [0.717, 1.165) is 11.5 Å². The topological polar surface area (TPSA) is 54.7 Å². The van der Waals surface area contributed by atoms with Crippen LogP contribution in [0.25, 0.3) is 0 Å². The number of hydrogen-bond donors (Lipinski definition) is 1. The fraction of sp³-hybridized carbons (Fsp3) is 0.421. The Morgan fingerprint density at radius 2 is 1.92 bits per heavy atom. The van der Waals surface area contributed by atoms with Gasteiger partial charge in [-0.2, -0.15) is 0 Å². The summed E-state index contributed by atoms with van der Waals surface area (Å²) in [4.78, 5) is 14.3. The molecule has 0 aliphatic carbocycles. The van der Waals surface area contributed by atoms with Gasteiger partial charge in [-0.05, 0) is 56.4 Å². The van der Waals surface area contributed by atoms with Crippen molar-refractivity contribution < 1.29 is 13.9 Å². The van der Waals surface area contributed by atoms with Gasteiger partial charge in [-0.3, -0.25) is 9.69 Å². The minimum absolute atomic E-state index is 0.00222. The minimum Gasteiger partial charge on any atom is -0.493 e. The van der Waals surface area contributed by atoms with E-state index in [1.165, 1.54) is 0 Å². The van der Waals surface area contributed by atoms with Gasteiger partial charge in [0.25, 0.3) is 5.91 Å². The van der Waals surface area contributed by atoms with Gasteiger partial charge >= 0.3 is 0 Å². The Labute approximate surface area is 143 Å². The van der Waals surface area contributed by atoms with E-state index >= 15 is 0 Å². The van der Waals surface area contributed by atoms with E-state index in [4.69, 9.17) is 9.15 Å². The lowest BCUT2D eigenvalue weighted by molar-refractivity contribution is 0.0939. The van der Waals surface area contributed by atoms with Crippen molar-refractivity contribution in [2.45, 2.75) is 19.9 Å². The number of furan rings is 1. The third-order valence-electron chi connectivity index (χ3n) is 3.65. The number of amides is 1. The van der Waals surface area contributed by atoms with Gasteiger partial charge in [0.2, 0.25) is 0 Å². The minimum atomic E-state index is -0.108. The Hall–Kier alpha value is -2.27. The standard InChI is InChI=1S/C19H26N2O3/c1-14(2)13-24-16-9-7-15(8-10-16)19(22)20-12-17(21(3)4)18-6-5-11-23-18/h5-11,14,17H,12-13H2,1-4H3,(H,20,22)/t17-/m1/s1. The zero-order valence-electron chi connectivity index (χ0n) is 14.8. The van der Waals surface area contributed by atoms with Gasteiger partial charge in [0.1, 0.15) is 11.5 Å². The molecule has 0 spiro atoms. The van der Waals surface area contributed by atoms with Gasteiger partial charge in [-0.25, -0.2) is 0 Å². The smallest absolute Gasteiger partial charge is 0.251 e. The maximum absolute atomic E-state index is 12.3. The maximum Gasteiger partial charge on any atom is 0.251 e. The van der Waals surface area contributed by atoms with E-state index in [0.29, 0.717) is 24.6 Å². The molecule has 5 heteroatoms. The number of nitrogens with zero attached hydrogens (tertiary/aromatic N) is 1. The van der Waals surface area contributed by atoms with E-state index in [1.807, 2.05) is 43.3 Å². The average Bonchev–Trinajstić information content (AvgIpc) is 3.07. The first-order valence-corrected chi connectivity index (χ1v) is 8.18. The van der Waals surface area contributed by atoms with E-state index in [-0.39, 0.29) is 11.9 Å². The molecule has 0 unspecified atom stereocenters. The van der Waals surface area contributed by atoms with Gasteiger partial charge in [0.15, 0.2) is 0 Å². The number of nitrogens with one attached hydrogen (secondary N) is 1. The van der Waals surface area contributed by atoms with Crippen LogP contribution in [-0.2, 0) is 0 Å². The second kappa shape index (κ2) is 8.55. The predicted molar refractivity (Wildman–Crippen MR) is 94.2 cm³/mol. The summed E-state index contributed by atoms with van der Waals surface area (Å²) in [5, 5.41) is 2.96. The zero-order chi connectivity index (χ0) is 17.5. The van der Waals surface area contributed by atoms with Crippen molar-refractivity contribution in [3.8, 4) is 5.75 Å². The van der Waals surface area contributed by atoms with Crippen molar-refractivity contribution in [1.82, 2.24) is 10.2 Å². The molecule has 0 aliphatic heterocycles. The summed E-state index contributed by atoms with van der Waals surface area (Å²) < 4.78 is 11.1. The Kier molecular flexibility index (Phi) is 6.44. The lowest BCUT2D eigenvalue weighted by Crippen LogP contribution is -2.34. The van der Waals surface area contributed by atoms with Crippen molar-refractivity contribution in [1.29, 1.82) is 0 Å². The molecule has 2 rings (SSSR count). The quantitative estimate of drug-likeness (QED) is 0.806. The lowest BCUT2D eigenvalue weighted by atomic mass is 10.1. The number of ether oxygens (including phenoxy) is 1. The van der Waals surface area contributed by atoms with Crippen molar-refractivity contribution in [3.63, 3.8) is 0 Å². The molecular weight excluding hydrogens is 304 g/mol. The van der Waals surface area contributed by atoms with E-state index in [2.05, 4.69) is 19.2 Å². The van der Waals surface area contributed by atoms with Gasteiger partial charge in [0.05, 0.1) is 18.9 Å². The first-order chi connectivity index (χ1) is 11.5. The summed E-state index contributed by atoms with van der Waals surface area (Å²) in [5.74, 6) is 1.97. The van der Waals surface area contributed by atoms with E-state index in [9.17, 15) is 4.79 Å². The Balaban J connectivity index is 1.92. The molecule has 0 fully saturated rings. The summed E-state index contributed by atoms with van der Waals surface area (Å²) in [5.41, 5.74) is 0.615. The molecule has 0 radical (unpaired) electrons. The third-order valence-corrected chi connectivity index (χ3v) is 3.65. The molecule has 2 aromatic rings. The first-order valence-electron chi connectivity index (χ1n) is 8.18. The highest BCUT2D eigenvalue weighted by Crippen LogP contribution is 2.18. The number of hydrogen-bond acceptors (Lipinski definition) is 4. The molecule has 24 heavy (non-hydrogen) atoms. The molecule has 0 bridgehead atoms. The lowest BCUT2D eigenvalue weighted by Gasteiger charge is -2.22. The van der Waals surface area contributed by atoms with Crippen molar-refractivity contribution in [2.75, 3.05) is 27.2 Å². The number of carbonyl (C=O) groups is 1. The molecule has 1 heterocycles. The third kappa shape index (κ3) is 5.13. The van der Waals surface area contributed by atoms with Crippen LogP contribution in [0.3, 0.4) is 0 Å². The van der Waals surface area contributed by atoms with Crippen LogP contribution in [0.2, 0.25) is 0 Å². The van der Waals surface area contributed by atoms with Crippen LogP contribution in [0.4, 0.5) is 0 Å². The van der Waals surface area contributed by atoms with Crippen LogP contribution < -0.4 is 10.1 Å². The highest BCUT2D eigenvalue weighted by molar-refractivity contribution is 5.94. The molecule has 0 saturated heterocycles.